The van der Waals surface area contributed by atoms with Gasteiger partial charge in [-0.3, -0.25) is 0 Å². The van der Waals surface area contributed by atoms with Crippen molar-refractivity contribution in [1.82, 2.24) is 0 Å². The third-order valence-electron chi connectivity index (χ3n) is 5.60. The molecule has 3 rings (SSSR count). The Morgan fingerprint density at radius 3 is 2.27 bits per heavy atom. The van der Waals surface area contributed by atoms with Gasteiger partial charge in [0, 0.05) is 7.11 Å². The van der Waals surface area contributed by atoms with Crippen molar-refractivity contribution >= 4 is 23.0 Å². The second-order valence-electron chi connectivity index (χ2n) is 7.37. The topological polar surface area (TPSA) is 117 Å². The Morgan fingerprint density at radius 2 is 1.70 bits per heavy atom. The predicted molar refractivity (Wildman–Crippen MR) is 128 cm³/mol. The maximum Gasteiger partial charge on any atom is 0.344 e. The minimum absolute atomic E-state index is 0.189. The quantitative estimate of drug-likeness (QED) is 0.273. The van der Waals surface area contributed by atoms with Gasteiger partial charge in [-0.25, -0.2) is 4.79 Å². The van der Waals surface area contributed by atoms with Crippen molar-refractivity contribution < 1.29 is 29.3 Å². The summed E-state index contributed by atoms with van der Waals surface area (Å²) < 4.78 is 10.7. The molecule has 0 saturated carbocycles. The van der Waals surface area contributed by atoms with Crippen LogP contribution in [0.2, 0.25) is 0 Å². The van der Waals surface area contributed by atoms with Crippen LogP contribution in [0.15, 0.2) is 51.2 Å². The molecule has 3 aromatic rings. The van der Waals surface area contributed by atoms with Crippen LogP contribution in [0.25, 0.3) is 16.7 Å². The zero-order valence-corrected chi connectivity index (χ0v) is 19.5. The maximum absolute atomic E-state index is 12.7. The van der Waals surface area contributed by atoms with Crippen molar-refractivity contribution in [3.8, 4) is 11.5 Å². The molecule has 2 aromatic carbocycles. The van der Waals surface area contributed by atoms with E-state index in [1.807, 2.05) is 26.0 Å². The molecule has 176 valence electrons. The summed E-state index contributed by atoms with van der Waals surface area (Å²) in [6.45, 7) is 5.49. The van der Waals surface area contributed by atoms with Gasteiger partial charge in [0.25, 0.3) is 0 Å². The number of benzene rings is 2. The van der Waals surface area contributed by atoms with Crippen molar-refractivity contribution in [2.45, 2.75) is 39.5 Å². The first-order valence-corrected chi connectivity index (χ1v) is 10.6. The molecular weight excluding hydrogens is 424 g/mol. The van der Waals surface area contributed by atoms with E-state index >= 15 is 0 Å². The summed E-state index contributed by atoms with van der Waals surface area (Å²) in [4.78, 5) is 24.7. The van der Waals surface area contributed by atoms with E-state index in [2.05, 4.69) is 0 Å². The summed E-state index contributed by atoms with van der Waals surface area (Å²) in [5, 5.41) is 29.2. The van der Waals surface area contributed by atoms with E-state index in [9.17, 15) is 19.8 Å². The molecule has 7 nitrogen and oxygen atoms in total. The molecular formula is C26H30O7. The van der Waals surface area contributed by atoms with E-state index in [-0.39, 0.29) is 28.2 Å². The lowest BCUT2D eigenvalue weighted by Gasteiger charge is -2.17. The Labute approximate surface area is 192 Å². The van der Waals surface area contributed by atoms with E-state index in [0.717, 1.165) is 31.1 Å². The van der Waals surface area contributed by atoms with Crippen LogP contribution in [-0.2, 0) is 17.6 Å². The molecule has 0 amide bonds. The molecule has 0 aliphatic heterocycles. The Balaban J connectivity index is 0.00000187. The highest BCUT2D eigenvalue weighted by molar-refractivity contribution is 5.87. The molecule has 3 N–H and O–H groups in total. The molecule has 0 radical (unpaired) electrons. The first-order valence-electron chi connectivity index (χ1n) is 10.6. The number of aliphatic hydroxyl groups excluding tert-OH is 2. The van der Waals surface area contributed by atoms with Gasteiger partial charge in [-0.1, -0.05) is 26.0 Å². The molecule has 1 heterocycles. The predicted octanol–water partition coefficient (Wildman–Crippen LogP) is 4.51. The van der Waals surface area contributed by atoms with E-state index in [1.54, 1.807) is 24.3 Å². The summed E-state index contributed by atoms with van der Waals surface area (Å²) in [5.74, 6) is -1.27. The van der Waals surface area contributed by atoms with Gasteiger partial charge in [0.15, 0.2) is 0 Å². The Morgan fingerprint density at radius 1 is 1.09 bits per heavy atom. The molecule has 0 spiro atoms. The zero-order valence-electron chi connectivity index (χ0n) is 19.5. The second-order valence-corrected chi connectivity index (χ2v) is 7.37. The number of allylic oxidation sites excluding steroid dienone is 1. The van der Waals surface area contributed by atoms with Crippen LogP contribution in [0.1, 0.15) is 48.9 Å². The van der Waals surface area contributed by atoms with Gasteiger partial charge in [0.2, 0.25) is 0 Å². The van der Waals surface area contributed by atoms with Crippen molar-refractivity contribution in [1.29, 1.82) is 0 Å². The number of carbonyl (C=O) groups is 1. The molecule has 0 fully saturated rings. The number of fused-ring (bicyclic) bond motifs is 1. The molecule has 1 atom stereocenters. The second kappa shape index (κ2) is 11.3. The standard InChI is InChI=1S/C25H26O6.CH4O/c1-5-15-7-9-20(30-4)17(11-15)23(27)14(3)19(13-26)22-24(28)18-12-16(6-2)8-10-21(18)31-25(22)29;1-2/h7-13,19,27-28H,5-6H2,1-4H3;2H,1H3/b23-14-;. The number of rotatable bonds is 7. The van der Waals surface area contributed by atoms with Crippen molar-refractivity contribution in [2.24, 2.45) is 0 Å². The lowest BCUT2D eigenvalue weighted by Crippen LogP contribution is -2.16. The number of aliphatic hydroxyl groups is 2. The summed E-state index contributed by atoms with van der Waals surface area (Å²) in [6, 6.07) is 10.6. The third kappa shape index (κ3) is 5.09. The molecule has 0 aliphatic carbocycles. The highest BCUT2D eigenvalue weighted by Crippen LogP contribution is 2.37. The highest BCUT2D eigenvalue weighted by atomic mass is 16.5. The minimum Gasteiger partial charge on any atom is -0.507 e. The number of ether oxygens (including phenoxy) is 1. The number of aryl methyl sites for hydroxylation is 2. The van der Waals surface area contributed by atoms with E-state index in [4.69, 9.17) is 14.3 Å². The fraction of sp³-hybridized carbons (Fsp3) is 0.308. The molecule has 33 heavy (non-hydrogen) atoms. The van der Waals surface area contributed by atoms with Crippen LogP contribution in [-0.4, -0.2) is 35.8 Å². The molecule has 0 saturated heterocycles. The number of hydrogen-bond acceptors (Lipinski definition) is 7. The van der Waals surface area contributed by atoms with Crippen LogP contribution >= 0.6 is 0 Å². The van der Waals surface area contributed by atoms with Gasteiger partial charge in [0.05, 0.1) is 29.5 Å². The monoisotopic (exact) mass is 454 g/mol. The number of carbonyl (C=O) groups excluding carboxylic acids is 1. The molecule has 1 unspecified atom stereocenters. The Bertz CT molecular complexity index is 1220. The van der Waals surface area contributed by atoms with Crippen LogP contribution in [0.5, 0.6) is 11.5 Å². The normalized spacial score (nSPS) is 12.4. The van der Waals surface area contributed by atoms with Crippen LogP contribution < -0.4 is 10.4 Å². The van der Waals surface area contributed by atoms with Gasteiger partial charge in [-0.2, -0.15) is 0 Å². The fourth-order valence-electron chi connectivity index (χ4n) is 3.65. The first kappa shape index (κ1) is 25.7. The van der Waals surface area contributed by atoms with Crippen molar-refractivity contribution in [2.75, 3.05) is 14.2 Å². The third-order valence-corrected chi connectivity index (χ3v) is 5.60. The number of aromatic hydroxyl groups is 1. The van der Waals surface area contributed by atoms with E-state index < -0.39 is 11.5 Å². The van der Waals surface area contributed by atoms with Gasteiger partial charge in [0.1, 0.15) is 29.1 Å². The lowest BCUT2D eigenvalue weighted by atomic mass is 9.90. The van der Waals surface area contributed by atoms with Crippen LogP contribution in [0.4, 0.5) is 0 Å². The summed E-state index contributed by atoms with van der Waals surface area (Å²) in [5.41, 5.74) is 1.73. The highest BCUT2D eigenvalue weighted by Gasteiger charge is 2.27. The zero-order chi connectivity index (χ0) is 24.7. The fourth-order valence-corrected chi connectivity index (χ4v) is 3.65. The van der Waals surface area contributed by atoms with E-state index in [0.29, 0.717) is 23.0 Å². The van der Waals surface area contributed by atoms with Gasteiger partial charge in [-0.05, 0) is 60.7 Å². The summed E-state index contributed by atoms with van der Waals surface area (Å²) in [7, 11) is 2.49. The van der Waals surface area contributed by atoms with Gasteiger partial charge >= 0.3 is 5.63 Å². The molecule has 0 bridgehead atoms. The Hall–Kier alpha value is -3.58. The molecule has 0 aliphatic rings. The smallest absolute Gasteiger partial charge is 0.344 e. The molecule has 7 heteroatoms. The number of methoxy groups -OCH3 is 1. The number of hydrogen-bond donors (Lipinski definition) is 3. The Kier molecular flexibility index (Phi) is 8.82. The largest absolute Gasteiger partial charge is 0.507 e. The van der Waals surface area contributed by atoms with Crippen LogP contribution in [0.3, 0.4) is 0 Å². The van der Waals surface area contributed by atoms with Gasteiger partial charge < -0.3 is 29.3 Å². The maximum atomic E-state index is 12.7. The number of aldehydes is 1. The summed E-state index contributed by atoms with van der Waals surface area (Å²) in [6.07, 6.45) is 1.99. The lowest BCUT2D eigenvalue weighted by molar-refractivity contribution is -0.108. The SMILES string of the molecule is CCc1ccc(OC)c(/C(O)=C(\C)C(C=O)c2c(O)c3cc(CC)ccc3oc2=O)c1.CO. The average molecular weight is 455 g/mol. The molecule has 1 aromatic heterocycles. The van der Waals surface area contributed by atoms with Crippen LogP contribution in [0, 0.1) is 0 Å². The minimum atomic E-state index is -1.19. The first-order chi connectivity index (χ1) is 15.9. The average Bonchev–Trinajstić information content (AvgIpc) is 2.86. The van der Waals surface area contributed by atoms with Crippen molar-refractivity contribution in [3.63, 3.8) is 0 Å². The summed E-state index contributed by atoms with van der Waals surface area (Å²) >= 11 is 0. The van der Waals surface area contributed by atoms with Crippen molar-refractivity contribution in [3.05, 3.63) is 74.6 Å². The van der Waals surface area contributed by atoms with E-state index in [1.165, 1.54) is 14.0 Å². The van der Waals surface area contributed by atoms with Gasteiger partial charge in [-0.15, -0.1) is 0 Å².